The Morgan fingerprint density at radius 3 is 2.90 bits per heavy atom. The average Bonchev–Trinajstić information content (AvgIpc) is 3.16. The SMILES string of the molecule is C[C@@H](C(=O)N1CCCN(c2nccs2)CC1)n1ccnc1. The molecule has 3 heterocycles. The van der Waals surface area contributed by atoms with Crippen molar-refractivity contribution in [3.8, 4) is 0 Å². The summed E-state index contributed by atoms with van der Waals surface area (Å²) < 4.78 is 1.85. The third-order valence-corrected chi connectivity index (χ3v) is 4.66. The fraction of sp³-hybridized carbons (Fsp3) is 0.500. The molecule has 1 amide bonds. The summed E-state index contributed by atoms with van der Waals surface area (Å²) in [5, 5.41) is 3.04. The van der Waals surface area contributed by atoms with E-state index in [0.717, 1.165) is 37.7 Å². The Hall–Kier alpha value is -1.89. The van der Waals surface area contributed by atoms with Gasteiger partial charge in [-0.2, -0.15) is 0 Å². The number of thiazole rings is 1. The highest BCUT2D eigenvalue weighted by molar-refractivity contribution is 7.13. The maximum absolute atomic E-state index is 12.6. The van der Waals surface area contributed by atoms with Gasteiger partial charge in [0, 0.05) is 50.1 Å². The summed E-state index contributed by atoms with van der Waals surface area (Å²) in [4.78, 5) is 25.2. The predicted molar refractivity (Wildman–Crippen MR) is 82.5 cm³/mol. The molecule has 112 valence electrons. The molecule has 1 atom stereocenters. The number of imidazole rings is 1. The molecule has 2 aromatic heterocycles. The highest BCUT2D eigenvalue weighted by Crippen LogP contribution is 2.20. The van der Waals surface area contributed by atoms with Crippen LogP contribution in [0.1, 0.15) is 19.4 Å². The van der Waals surface area contributed by atoms with Crippen molar-refractivity contribution in [2.24, 2.45) is 0 Å². The molecule has 3 rings (SSSR count). The monoisotopic (exact) mass is 305 g/mol. The molecule has 0 unspecified atom stereocenters. The minimum absolute atomic E-state index is 0.161. The average molecular weight is 305 g/mol. The normalized spacial score (nSPS) is 17.6. The molecule has 0 saturated carbocycles. The van der Waals surface area contributed by atoms with Crippen molar-refractivity contribution in [3.63, 3.8) is 0 Å². The summed E-state index contributed by atoms with van der Waals surface area (Å²) in [7, 11) is 0. The van der Waals surface area contributed by atoms with E-state index >= 15 is 0 Å². The van der Waals surface area contributed by atoms with Crippen LogP contribution in [0.5, 0.6) is 0 Å². The minimum Gasteiger partial charge on any atom is -0.346 e. The molecule has 1 saturated heterocycles. The lowest BCUT2D eigenvalue weighted by Gasteiger charge is -2.25. The molecule has 0 bridgehead atoms. The van der Waals surface area contributed by atoms with Crippen LogP contribution in [0.2, 0.25) is 0 Å². The van der Waals surface area contributed by atoms with E-state index in [1.54, 1.807) is 23.9 Å². The molecule has 1 fully saturated rings. The van der Waals surface area contributed by atoms with E-state index in [1.807, 2.05) is 34.2 Å². The molecule has 7 heteroatoms. The lowest BCUT2D eigenvalue weighted by molar-refractivity contribution is -0.134. The first kappa shape index (κ1) is 14.1. The molecule has 6 nitrogen and oxygen atoms in total. The summed E-state index contributed by atoms with van der Waals surface area (Å²) in [5.41, 5.74) is 0. The van der Waals surface area contributed by atoms with Crippen molar-refractivity contribution in [3.05, 3.63) is 30.3 Å². The second-order valence-corrected chi connectivity index (χ2v) is 6.04. The molecule has 0 aromatic carbocycles. The predicted octanol–water partition coefficient (Wildman–Crippen LogP) is 1.64. The van der Waals surface area contributed by atoms with Crippen molar-refractivity contribution in [2.45, 2.75) is 19.4 Å². The number of rotatable bonds is 3. The van der Waals surface area contributed by atoms with Crippen LogP contribution in [-0.2, 0) is 4.79 Å². The van der Waals surface area contributed by atoms with Gasteiger partial charge in [0.2, 0.25) is 5.91 Å². The third kappa shape index (κ3) is 3.07. The van der Waals surface area contributed by atoms with E-state index in [1.165, 1.54) is 0 Å². The highest BCUT2D eigenvalue weighted by Gasteiger charge is 2.24. The summed E-state index contributed by atoms with van der Waals surface area (Å²) >= 11 is 1.65. The highest BCUT2D eigenvalue weighted by atomic mass is 32.1. The van der Waals surface area contributed by atoms with Crippen molar-refractivity contribution in [1.29, 1.82) is 0 Å². The third-order valence-electron chi connectivity index (χ3n) is 3.83. The lowest BCUT2D eigenvalue weighted by atomic mass is 10.2. The van der Waals surface area contributed by atoms with Gasteiger partial charge in [-0.1, -0.05) is 0 Å². The Kier molecular flexibility index (Phi) is 4.19. The molecule has 1 aliphatic rings. The molecule has 0 spiro atoms. The molecule has 21 heavy (non-hydrogen) atoms. The molecule has 0 aliphatic carbocycles. The van der Waals surface area contributed by atoms with Gasteiger partial charge in [-0.15, -0.1) is 11.3 Å². The second-order valence-electron chi connectivity index (χ2n) is 5.17. The van der Waals surface area contributed by atoms with Crippen molar-refractivity contribution in [1.82, 2.24) is 19.4 Å². The van der Waals surface area contributed by atoms with E-state index in [2.05, 4.69) is 14.9 Å². The summed E-state index contributed by atoms with van der Waals surface area (Å²) in [5.74, 6) is 0.161. The first-order chi connectivity index (χ1) is 10.3. The topological polar surface area (TPSA) is 54.3 Å². The number of carbonyl (C=O) groups excluding carboxylic acids is 1. The van der Waals surface area contributed by atoms with Crippen LogP contribution in [0, 0.1) is 0 Å². The quantitative estimate of drug-likeness (QED) is 0.865. The van der Waals surface area contributed by atoms with Crippen molar-refractivity contribution in [2.75, 3.05) is 31.1 Å². The van der Waals surface area contributed by atoms with Gasteiger partial charge in [-0.25, -0.2) is 9.97 Å². The zero-order valence-electron chi connectivity index (χ0n) is 12.1. The maximum Gasteiger partial charge on any atom is 0.245 e. The Morgan fingerprint density at radius 2 is 2.19 bits per heavy atom. The Balaban J connectivity index is 1.63. The number of hydrogen-bond donors (Lipinski definition) is 0. The van der Waals surface area contributed by atoms with Gasteiger partial charge in [0.1, 0.15) is 6.04 Å². The van der Waals surface area contributed by atoms with Crippen LogP contribution in [0.4, 0.5) is 5.13 Å². The van der Waals surface area contributed by atoms with E-state index < -0.39 is 0 Å². The van der Waals surface area contributed by atoms with Gasteiger partial charge in [-0.05, 0) is 13.3 Å². The van der Waals surface area contributed by atoms with Crippen LogP contribution >= 0.6 is 11.3 Å². The van der Waals surface area contributed by atoms with Crippen LogP contribution < -0.4 is 4.90 Å². The first-order valence-corrected chi connectivity index (χ1v) is 8.04. The standard InChI is InChI=1S/C14H19N5OS/c1-12(19-7-3-15-11-19)13(20)17-5-2-6-18(9-8-17)14-16-4-10-21-14/h3-4,7,10-12H,2,5-6,8-9H2,1H3/t12-/m0/s1. The van der Waals surface area contributed by atoms with Crippen LogP contribution in [-0.4, -0.2) is 51.5 Å². The van der Waals surface area contributed by atoms with E-state index in [4.69, 9.17) is 0 Å². The van der Waals surface area contributed by atoms with Gasteiger partial charge >= 0.3 is 0 Å². The number of anilines is 1. The van der Waals surface area contributed by atoms with E-state index in [-0.39, 0.29) is 11.9 Å². The lowest BCUT2D eigenvalue weighted by Crippen LogP contribution is -2.38. The van der Waals surface area contributed by atoms with Crippen LogP contribution in [0.15, 0.2) is 30.3 Å². The molecular formula is C14H19N5OS. The van der Waals surface area contributed by atoms with Crippen LogP contribution in [0.25, 0.3) is 0 Å². The number of carbonyl (C=O) groups is 1. The number of hydrogen-bond acceptors (Lipinski definition) is 5. The van der Waals surface area contributed by atoms with E-state index in [9.17, 15) is 4.79 Å². The van der Waals surface area contributed by atoms with Crippen molar-refractivity contribution < 1.29 is 4.79 Å². The summed E-state index contributed by atoms with van der Waals surface area (Å²) in [6.07, 6.45) is 8.04. The fourth-order valence-corrected chi connectivity index (χ4v) is 3.29. The molecule has 1 aliphatic heterocycles. The largest absolute Gasteiger partial charge is 0.346 e. The van der Waals surface area contributed by atoms with E-state index in [0.29, 0.717) is 0 Å². The maximum atomic E-state index is 12.6. The number of nitrogens with zero attached hydrogens (tertiary/aromatic N) is 5. The molecule has 2 aromatic rings. The Morgan fingerprint density at radius 1 is 1.29 bits per heavy atom. The van der Waals surface area contributed by atoms with Crippen molar-refractivity contribution >= 4 is 22.4 Å². The van der Waals surface area contributed by atoms with Gasteiger partial charge in [0.15, 0.2) is 5.13 Å². The second kappa shape index (κ2) is 6.26. The Labute approximate surface area is 128 Å². The zero-order chi connectivity index (χ0) is 14.7. The fourth-order valence-electron chi connectivity index (χ4n) is 2.59. The number of aromatic nitrogens is 3. The molecule has 0 N–H and O–H groups in total. The Bertz CT molecular complexity index is 568. The molecule has 0 radical (unpaired) electrons. The van der Waals surface area contributed by atoms with Gasteiger partial charge in [-0.3, -0.25) is 4.79 Å². The van der Waals surface area contributed by atoms with Gasteiger partial charge in [0.25, 0.3) is 0 Å². The smallest absolute Gasteiger partial charge is 0.245 e. The van der Waals surface area contributed by atoms with Gasteiger partial charge in [0.05, 0.1) is 6.33 Å². The minimum atomic E-state index is -0.195. The number of amides is 1. The zero-order valence-corrected chi connectivity index (χ0v) is 12.9. The first-order valence-electron chi connectivity index (χ1n) is 7.16. The summed E-state index contributed by atoms with van der Waals surface area (Å²) in [6, 6.07) is -0.195. The summed E-state index contributed by atoms with van der Waals surface area (Å²) in [6.45, 7) is 5.28. The molecular weight excluding hydrogens is 286 g/mol. The van der Waals surface area contributed by atoms with Crippen LogP contribution in [0.3, 0.4) is 0 Å². The van der Waals surface area contributed by atoms with Gasteiger partial charge < -0.3 is 14.4 Å².